The van der Waals surface area contributed by atoms with Crippen molar-refractivity contribution >= 4 is 17.7 Å². The van der Waals surface area contributed by atoms with Crippen molar-refractivity contribution in [1.29, 1.82) is 0 Å². The van der Waals surface area contributed by atoms with Crippen LogP contribution in [0.3, 0.4) is 0 Å². The van der Waals surface area contributed by atoms with E-state index in [0.29, 0.717) is 11.7 Å². The number of nitrogens with one attached hydrogen (secondary N) is 1. The molecule has 3 nitrogen and oxygen atoms in total. The van der Waals surface area contributed by atoms with Crippen molar-refractivity contribution < 1.29 is 4.79 Å². The van der Waals surface area contributed by atoms with Gasteiger partial charge in [0.05, 0.1) is 5.75 Å². The largest absolute Gasteiger partial charge is 0.342 e. The Morgan fingerprint density at radius 1 is 1.33 bits per heavy atom. The number of likely N-dealkylation sites (tertiary alicyclic amines) is 1. The smallest absolute Gasteiger partial charge is 0.232 e. The standard InChI is InChI=1S/C14H28N2OS/c1-5-15-10-12-6-8-16(9-7-12)13(17)11-18-14(2,3)4/h12,15H,5-11H2,1-4H3. The summed E-state index contributed by atoms with van der Waals surface area (Å²) in [4.78, 5) is 14.1. The second-order valence-electron chi connectivity index (χ2n) is 6.03. The number of nitrogens with zero attached hydrogens (tertiary/aromatic N) is 1. The molecule has 1 aliphatic heterocycles. The zero-order valence-corrected chi connectivity index (χ0v) is 13.1. The van der Waals surface area contributed by atoms with Crippen molar-refractivity contribution in [2.75, 3.05) is 31.9 Å². The molecular formula is C14H28N2OS. The van der Waals surface area contributed by atoms with Crippen molar-refractivity contribution in [2.24, 2.45) is 5.92 Å². The molecule has 1 saturated heterocycles. The predicted octanol–water partition coefficient (Wildman–Crippen LogP) is 2.37. The molecule has 0 atom stereocenters. The monoisotopic (exact) mass is 272 g/mol. The number of amides is 1. The van der Waals surface area contributed by atoms with Crippen LogP contribution in [-0.4, -0.2) is 47.5 Å². The van der Waals surface area contributed by atoms with Crippen molar-refractivity contribution in [1.82, 2.24) is 10.2 Å². The average Bonchev–Trinajstić information content (AvgIpc) is 2.33. The van der Waals surface area contributed by atoms with Crippen LogP contribution in [0.2, 0.25) is 0 Å². The van der Waals surface area contributed by atoms with E-state index in [9.17, 15) is 4.79 Å². The van der Waals surface area contributed by atoms with E-state index in [2.05, 4.69) is 33.0 Å². The Morgan fingerprint density at radius 2 is 1.94 bits per heavy atom. The zero-order chi connectivity index (χ0) is 13.6. The lowest BCUT2D eigenvalue weighted by Gasteiger charge is -2.32. The van der Waals surface area contributed by atoms with Gasteiger partial charge in [0, 0.05) is 17.8 Å². The molecule has 1 fully saturated rings. The van der Waals surface area contributed by atoms with Gasteiger partial charge in [-0.25, -0.2) is 0 Å². The molecule has 1 aliphatic rings. The minimum Gasteiger partial charge on any atom is -0.342 e. The SMILES string of the molecule is CCNCC1CCN(C(=O)CSC(C)(C)C)CC1. The maximum absolute atomic E-state index is 12.1. The maximum atomic E-state index is 12.1. The van der Waals surface area contributed by atoms with Gasteiger partial charge in [0.1, 0.15) is 0 Å². The molecule has 1 rings (SSSR count). The highest BCUT2D eigenvalue weighted by molar-refractivity contribution is 8.01. The van der Waals surface area contributed by atoms with Crippen molar-refractivity contribution in [3.05, 3.63) is 0 Å². The first kappa shape index (κ1) is 15.8. The quantitative estimate of drug-likeness (QED) is 0.834. The number of hydrogen-bond donors (Lipinski definition) is 1. The summed E-state index contributed by atoms with van der Waals surface area (Å²) in [6.45, 7) is 12.7. The average molecular weight is 272 g/mol. The number of carbonyl (C=O) groups is 1. The molecule has 0 radical (unpaired) electrons. The second-order valence-corrected chi connectivity index (χ2v) is 7.83. The van der Waals surface area contributed by atoms with Crippen LogP contribution in [0.15, 0.2) is 0 Å². The Balaban J connectivity index is 2.23. The second kappa shape index (κ2) is 7.39. The Kier molecular flexibility index (Phi) is 6.50. The van der Waals surface area contributed by atoms with Crippen LogP contribution in [0.5, 0.6) is 0 Å². The summed E-state index contributed by atoms with van der Waals surface area (Å²) in [6.07, 6.45) is 2.30. The minimum absolute atomic E-state index is 0.180. The van der Waals surface area contributed by atoms with Gasteiger partial charge in [-0.3, -0.25) is 4.79 Å². The summed E-state index contributed by atoms with van der Waals surface area (Å²) in [5, 5.41) is 3.40. The fraction of sp³-hybridized carbons (Fsp3) is 0.929. The van der Waals surface area contributed by atoms with Gasteiger partial charge in [0.15, 0.2) is 0 Å². The van der Waals surface area contributed by atoms with E-state index in [1.807, 2.05) is 4.90 Å². The number of carbonyl (C=O) groups excluding carboxylic acids is 1. The van der Waals surface area contributed by atoms with Crippen LogP contribution in [-0.2, 0) is 4.79 Å². The molecule has 0 aliphatic carbocycles. The van der Waals surface area contributed by atoms with Gasteiger partial charge in [-0.1, -0.05) is 27.7 Å². The molecule has 0 aromatic heterocycles. The van der Waals surface area contributed by atoms with Crippen LogP contribution in [0.25, 0.3) is 0 Å². The third-order valence-electron chi connectivity index (χ3n) is 3.28. The van der Waals surface area contributed by atoms with E-state index in [1.165, 1.54) is 0 Å². The molecule has 0 bridgehead atoms. The van der Waals surface area contributed by atoms with E-state index in [1.54, 1.807) is 11.8 Å². The Bertz CT molecular complexity index is 255. The van der Waals surface area contributed by atoms with Gasteiger partial charge in [-0.05, 0) is 31.8 Å². The first-order valence-electron chi connectivity index (χ1n) is 7.05. The third-order valence-corrected chi connectivity index (χ3v) is 4.54. The fourth-order valence-corrected chi connectivity index (χ4v) is 2.84. The highest BCUT2D eigenvalue weighted by atomic mass is 32.2. The zero-order valence-electron chi connectivity index (χ0n) is 12.3. The fourth-order valence-electron chi connectivity index (χ4n) is 2.10. The van der Waals surface area contributed by atoms with E-state index in [-0.39, 0.29) is 4.75 Å². The van der Waals surface area contributed by atoms with Gasteiger partial charge in [-0.2, -0.15) is 0 Å². The number of piperidine rings is 1. The van der Waals surface area contributed by atoms with Crippen LogP contribution >= 0.6 is 11.8 Å². The van der Waals surface area contributed by atoms with E-state index >= 15 is 0 Å². The number of rotatable bonds is 5. The molecule has 0 saturated carbocycles. The van der Waals surface area contributed by atoms with Gasteiger partial charge < -0.3 is 10.2 Å². The molecule has 4 heteroatoms. The molecule has 1 N–H and O–H groups in total. The van der Waals surface area contributed by atoms with Gasteiger partial charge in [-0.15, -0.1) is 11.8 Å². The highest BCUT2D eigenvalue weighted by Gasteiger charge is 2.23. The highest BCUT2D eigenvalue weighted by Crippen LogP contribution is 2.24. The van der Waals surface area contributed by atoms with Gasteiger partial charge in [0.25, 0.3) is 0 Å². The maximum Gasteiger partial charge on any atom is 0.232 e. The first-order valence-corrected chi connectivity index (χ1v) is 8.03. The van der Waals surface area contributed by atoms with Gasteiger partial charge in [0.2, 0.25) is 5.91 Å². The first-order chi connectivity index (χ1) is 8.42. The van der Waals surface area contributed by atoms with Crippen LogP contribution in [0.1, 0.15) is 40.5 Å². The Hall–Kier alpha value is -0.220. The summed E-state index contributed by atoms with van der Waals surface area (Å²) in [5.41, 5.74) is 0. The van der Waals surface area contributed by atoms with E-state index in [0.717, 1.165) is 44.9 Å². The van der Waals surface area contributed by atoms with Gasteiger partial charge >= 0.3 is 0 Å². The Labute approximate surface area is 116 Å². The van der Waals surface area contributed by atoms with E-state index in [4.69, 9.17) is 0 Å². The van der Waals surface area contributed by atoms with Crippen molar-refractivity contribution in [3.63, 3.8) is 0 Å². The lowest BCUT2D eigenvalue weighted by molar-refractivity contribution is -0.129. The van der Waals surface area contributed by atoms with Crippen LogP contribution in [0.4, 0.5) is 0 Å². The van der Waals surface area contributed by atoms with Crippen molar-refractivity contribution in [2.45, 2.75) is 45.3 Å². The van der Waals surface area contributed by atoms with E-state index < -0.39 is 0 Å². The summed E-state index contributed by atoms with van der Waals surface area (Å²) < 4.78 is 0.180. The predicted molar refractivity (Wildman–Crippen MR) is 80.1 cm³/mol. The molecule has 0 spiro atoms. The summed E-state index contributed by atoms with van der Waals surface area (Å²) >= 11 is 1.75. The topological polar surface area (TPSA) is 32.3 Å². The molecule has 1 heterocycles. The lowest BCUT2D eigenvalue weighted by atomic mass is 9.97. The molecular weight excluding hydrogens is 244 g/mol. The van der Waals surface area contributed by atoms with Crippen LogP contribution in [0, 0.1) is 5.92 Å². The molecule has 0 unspecified atom stereocenters. The number of thioether (sulfide) groups is 1. The minimum atomic E-state index is 0.180. The molecule has 0 aromatic carbocycles. The number of hydrogen-bond acceptors (Lipinski definition) is 3. The summed E-state index contributed by atoms with van der Waals surface area (Å²) in [5.74, 6) is 1.70. The normalized spacial score (nSPS) is 18.1. The van der Waals surface area contributed by atoms with Crippen LogP contribution < -0.4 is 5.32 Å². The molecule has 1 amide bonds. The molecule has 18 heavy (non-hydrogen) atoms. The molecule has 106 valence electrons. The Morgan fingerprint density at radius 3 is 2.44 bits per heavy atom. The summed E-state index contributed by atoms with van der Waals surface area (Å²) in [7, 11) is 0. The molecule has 0 aromatic rings. The third kappa shape index (κ3) is 6.10. The summed E-state index contributed by atoms with van der Waals surface area (Å²) in [6, 6.07) is 0. The van der Waals surface area contributed by atoms with Crippen molar-refractivity contribution in [3.8, 4) is 0 Å². The lowest BCUT2D eigenvalue weighted by Crippen LogP contribution is -2.41.